The lowest BCUT2D eigenvalue weighted by molar-refractivity contribution is -0.383. The summed E-state index contributed by atoms with van der Waals surface area (Å²) in [4.78, 5) is 10.5. The fourth-order valence-electron chi connectivity index (χ4n) is 2.23. The van der Waals surface area contributed by atoms with Gasteiger partial charge >= 0.3 is 5.69 Å². The summed E-state index contributed by atoms with van der Waals surface area (Å²) in [5, 5.41) is 14.3. The smallest absolute Gasteiger partial charge is 0.304 e. The predicted molar refractivity (Wildman–Crippen MR) is 82.3 cm³/mol. The summed E-state index contributed by atoms with van der Waals surface area (Å²) in [5.41, 5.74) is -0.167. The molecule has 21 heavy (non-hydrogen) atoms. The molecule has 0 aliphatic carbocycles. The van der Waals surface area contributed by atoms with Crippen LogP contribution in [0.15, 0.2) is 10.3 Å². The molecule has 1 N–H and O–H groups in total. The molecule has 1 aliphatic rings. The highest BCUT2D eigenvalue weighted by Crippen LogP contribution is 2.39. The second-order valence-electron chi connectivity index (χ2n) is 5.22. The second-order valence-corrected chi connectivity index (χ2v) is 8.44. The number of rotatable bonds is 6. The quantitative estimate of drug-likeness (QED) is 0.638. The molecule has 7 nitrogen and oxygen atoms in total. The van der Waals surface area contributed by atoms with Crippen LogP contribution < -0.4 is 5.32 Å². The lowest BCUT2D eigenvalue weighted by Crippen LogP contribution is -2.28. The molecule has 0 amide bonds. The van der Waals surface area contributed by atoms with E-state index in [4.69, 9.17) is 0 Å². The van der Waals surface area contributed by atoms with Gasteiger partial charge in [-0.3, -0.25) is 10.1 Å². The van der Waals surface area contributed by atoms with Gasteiger partial charge in [-0.25, -0.2) is 8.42 Å². The van der Waals surface area contributed by atoms with E-state index in [9.17, 15) is 18.5 Å². The zero-order chi connectivity index (χ0) is 15.6. The molecule has 1 atom stereocenters. The first-order valence-electron chi connectivity index (χ1n) is 6.88. The highest BCUT2D eigenvalue weighted by molar-refractivity contribution is 7.91. The minimum absolute atomic E-state index is 0.0434. The van der Waals surface area contributed by atoms with Crippen LogP contribution in [0.3, 0.4) is 0 Å². The summed E-state index contributed by atoms with van der Waals surface area (Å²) < 4.78 is 26.5. The number of sulfonamides is 1. The highest BCUT2D eigenvalue weighted by Gasteiger charge is 2.34. The molecule has 118 valence electrons. The van der Waals surface area contributed by atoms with E-state index in [2.05, 4.69) is 5.32 Å². The number of hydrogen-bond donors (Lipinski definition) is 1. The van der Waals surface area contributed by atoms with Gasteiger partial charge < -0.3 is 5.32 Å². The summed E-state index contributed by atoms with van der Waals surface area (Å²) in [5.74, 6) is 0.326. The monoisotopic (exact) mass is 333 g/mol. The average Bonchev–Trinajstić information content (AvgIpc) is 3.03. The van der Waals surface area contributed by atoms with Crippen LogP contribution in [0.1, 0.15) is 26.7 Å². The van der Waals surface area contributed by atoms with Crippen molar-refractivity contribution in [2.24, 2.45) is 5.92 Å². The van der Waals surface area contributed by atoms with E-state index in [1.807, 2.05) is 13.8 Å². The summed E-state index contributed by atoms with van der Waals surface area (Å²) in [6.45, 7) is 5.47. The normalized spacial score (nSPS) is 19.8. The van der Waals surface area contributed by atoms with Crippen LogP contribution in [0.2, 0.25) is 0 Å². The molecule has 0 radical (unpaired) electrons. The van der Waals surface area contributed by atoms with Crippen LogP contribution in [-0.4, -0.2) is 37.3 Å². The number of thiophene rings is 1. The second kappa shape index (κ2) is 6.29. The van der Waals surface area contributed by atoms with Gasteiger partial charge in [0.1, 0.15) is 4.21 Å². The van der Waals surface area contributed by atoms with Crippen molar-refractivity contribution in [1.29, 1.82) is 0 Å². The van der Waals surface area contributed by atoms with Gasteiger partial charge in [-0.2, -0.15) is 4.31 Å². The predicted octanol–water partition coefficient (Wildman–Crippen LogP) is 2.51. The Labute approximate surface area is 128 Å². The summed E-state index contributed by atoms with van der Waals surface area (Å²) in [6.07, 6.45) is 1.63. The van der Waals surface area contributed by atoms with Gasteiger partial charge in [-0.15, -0.1) is 0 Å². The van der Waals surface area contributed by atoms with E-state index in [0.29, 0.717) is 30.6 Å². The average molecular weight is 333 g/mol. The van der Waals surface area contributed by atoms with Gasteiger partial charge in [-0.1, -0.05) is 25.2 Å². The van der Waals surface area contributed by atoms with Gasteiger partial charge in [0, 0.05) is 25.7 Å². The fraction of sp³-hybridized carbons (Fsp3) is 0.667. The molecule has 1 aromatic heterocycles. The Balaban J connectivity index is 2.33. The van der Waals surface area contributed by atoms with Crippen LogP contribution in [0.5, 0.6) is 0 Å². The Hall–Kier alpha value is -1.19. The molecule has 0 spiro atoms. The molecule has 0 saturated carbocycles. The highest BCUT2D eigenvalue weighted by atomic mass is 32.2. The van der Waals surface area contributed by atoms with Crippen LogP contribution in [0, 0.1) is 16.0 Å². The van der Waals surface area contributed by atoms with Crippen molar-refractivity contribution < 1.29 is 13.3 Å². The number of nitrogens with one attached hydrogen (secondary N) is 1. The Morgan fingerprint density at radius 1 is 1.57 bits per heavy atom. The summed E-state index contributed by atoms with van der Waals surface area (Å²) in [7, 11) is -3.62. The van der Waals surface area contributed by atoms with Gasteiger partial charge in [0.25, 0.3) is 10.0 Å². The van der Waals surface area contributed by atoms with E-state index < -0.39 is 14.9 Å². The minimum atomic E-state index is -3.62. The molecule has 0 aromatic carbocycles. The molecule has 0 bridgehead atoms. The van der Waals surface area contributed by atoms with E-state index in [0.717, 1.165) is 24.2 Å². The van der Waals surface area contributed by atoms with Gasteiger partial charge in [0.05, 0.1) is 4.92 Å². The molecular formula is C12H19N3O4S2. The van der Waals surface area contributed by atoms with Crippen molar-refractivity contribution in [1.82, 2.24) is 4.31 Å². The Morgan fingerprint density at radius 3 is 2.81 bits per heavy atom. The fourth-order valence-corrected chi connectivity index (χ4v) is 5.31. The Morgan fingerprint density at radius 2 is 2.29 bits per heavy atom. The zero-order valence-corrected chi connectivity index (χ0v) is 13.7. The number of anilines is 1. The first-order chi connectivity index (χ1) is 9.86. The van der Waals surface area contributed by atoms with Crippen LogP contribution in [-0.2, 0) is 10.0 Å². The number of nitro groups is 1. The van der Waals surface area contributed by atoms with Crippen molar-refractivity contribution >= 4 is 32.0 Å². The summed E-state index contributed by atoms with van der Waals surface area (Å²) in [6, 6.07) is 1.17. The molecule has 1 fully saturated rings. The van der Waals surface area contributed by atoms with Gasteiger partial charge in [-0.05, 0) is 18.8 Å². The Kier molecular flexibility index (Phi) is 4.84. The van der Waals surface area contributed by atoms with Crippen molar-refractivity contribution in [2.45, 2.75) is 30.9 Å². The van der Waals surface area contributed by atoms with Gasteiger partial charge in [0.2, 0.25) is 0 Å². The SMILES string of the molecule is CCCNc1sc(S(=O)(=O)N2CCC(C)C2)cc1[N+](=O)[O-]. The molecule has 1 aromatic rings. The molecule has 9 heteroatoms. The van der Waals surface area contributed by atoms with Crippen molar-refractivity contribution in [3.05, 3.63) is 16.2 Å². The Bertz CT molecular complexity index is 626. The van der Waals surface area contributed by atoms with E-state index in [1.54, 1.807) is 0 Å². The third-order valence-corrected chi connectivity index (χ3v) is 6.80. The molecule has 2 rings (SSSR count). The van der Waals surface area contributed by atoms with Crippen LogP contribution in [0.4, 0.5) is 10.7 Å². The largest absolute Gasteiger partial charge is 0.371 e. The van der Waals surface area contributed by atoms with E-state index >= 15 is 0 Å². The molecule has 1 aliphatic heterocycles. The van der Waals surface area contributed by atoms with Crippen LogP contribution >= 0.6 is 11.3 Å². The van der Waals surface area contributed by atoms with Gasteiger partial charge in [0.15, 0.2) is 5.00 Å². The third kappa shape index (κ3) is 3.35. The minimum Gasteiger partial charge on any atom is -0.371 e. The maximum absolute atomic E-state index is 12.5. The van der Waals surface area contributed by atoms with Crippen molar-refractivity contribution in [3.8, 4) is 0 Å². The first-order valence-corrected chi connectivity index (χ1v) is 9.14. The maximum Gasteiger partial charge on any atom is 0.304 e. The molecule has 1 saturated heterocycles. The lowest BCUT2D eigenvalue weighted by Gasteiger charge is -2.13. The standard InChI is InChI=1S/C12H19N3O4S2/c1-3-5-13-12-10(15(16)17)7-11(20-12)21(18,19)14-6-4-9(2)8-14/h7,9,13H,3-6,8H2,1-2H3. The molecular weight excluding hydrogens is 314 g/mol. The third-order valence-electron chi connectivity index (χ3n) is 3.40. The molecule has 1 unspecified atom stereocenters. The number of nitrogens with zero attached hydrogens (tertiary/aromatic N) is 2. The van der Waals surface area contributed by atoms with Crippen LogP contribution in [0.25, 0.3) is 0 Å². The lowest BCUT2D eigenvalue weighted by atomic mass is 10.2. The number of hydrogen-bond acceptors (Lipinski definition) is 6. The van der Waals surface area contributed by atoms with E-state index in [1.165, 1.54) is 10.4 Å². The zero-order valence-electron chi connectivity index (χ0n) is 12.0. The first kappa shape index (κ1) is 16.2. The van der Waals surface area contributed by atoms with E-state index in [-0.39, 0.29) is 9.90 Å². The maximum atomic E-state index is 12.5. The van der Waals surface area contributed by atoms with Crippen molar-refractivity contribution in [2.75, 3.05) is 25.0 Å². The van der Waals surface area contributed by atoms with Crippen molar-refractivity contribution in [3.63, 3.8) is 0 Å². The topological polar surface area (TPSA) is 92.6 Å². The summed E-state index contributed by atoms with van der Waals surface area (Å²) >= 11 is 0.940. The molecule has 2 heterocycles.